The molecule has 0 amide bonds. The minimum atomic E-state index is -0.00796. The summed E-state index contributed by atoms with van der Waals surface area (Å²) in [4.78, 5) is 8.79. The van der Waals surface area contributed by atoms with Crippen LogP contribution < -0.4 is 19.3 Å². The highest BCUT2D eigenvalue weighted by Gasteiger charge is 2.35. The van der Waals surface area contributed by atoms with Gasteiger partial charge >= 0.3 is 0 Å². The number of thiazole rings is 1. The van der Waals surface area contributed by atoms with Gasteiger partial charge < -0.3 is 24.4 Å². The van der Waals surface area contributed by atoms with Crippen LogP contribution in [0.3, 0.4) is 0 Å². The molecule has 1 aromatic carbocycles. The summed E-state index contributed by atoms with van der Waals surface area (Å²) >= 11 is 1.49. The van der Waals surface area contributed by atoms with Gasteiger partial charge in [0.1, 0.15) is 37.4 Å². The number of aromatic hydroxyl groups is 1. The first-order chi connectivity index (χ1) is 13.1. The Labute approximate surface area is 161 Å². The van der Waals surface area contributed by atoms with Crippen LogP contribution in [0.2, 0.25) is 0 Å². The van der Waals surface area contributed by atoms with Gasteiger partial charge in [0.25, 0.3) is 0 Å². The molecule has 1 aliphatic rings. The van der Waals surface area contributed by atoms with E-state index in [1.54, 1.807) is 14.2 Å². The Morgan fingerprint density at radius 3 is 2.56 bits per heavy atom. The van der Waals surface area contributed by atoms with E-state index in [1.165, 1.54) is 32.0 Å². The van der Waals surface area contributed by atoms with E-state index in [1.807, 2.05) is 12.1 Å². The first-order valence-corrected chi connectivity index (χ1v) is 9.83. The molecule has 0 radical (unpaired) electrons. The maximum absolute atomic E-state index is 10.8. The van der Waals surface area contributed by atoms with Crippen molar-refractivity contribution in [3.8, 4) is 17.4 Å². The molecule has 0 unspecified atom stereocenters. The Hall–Kier alpha value is -2.36. The van der Waals surface area contributed by atoms with E-state index in [2.05, 4.69) is 23.2 Å². The Balaban J connectivity index is 1.81. The van der Waals surface area contributed by atoms with E-state index in [4.69, 9.17) is 9.47 Å². The lowest BCUT2D eigenvalue weighted by Gasteiger charge is -2.33. The Morgan fingerprint density at radius 1 is 1.15 bits per heavy atom. The van der Waals surface area contributed by atoms with Crippen LogP contribution in [0.1, 0.15) is 16.5 Å². The van der Waals surface area contributed by atoms with Gasteiger partial charge in [-0.05, 0) is 18.2 Å². The van der Waals surface area contributed by atoms with E-state index >= 15 is 0 Å². The van der Waals surface area contributed by atoms with Gasteiger partial charge in [-0.2, -0.15) is 9.61 Å². The van der Waals surface area contributed by atoms with Crippen LogP contribution in [0.5, 0.6) is 17.4 Å². The van der Waals surface area contributed by atoms with E-state index < -0.39 is 0 Å². The average Bonchev–Trinajstić information content (AvgIpc) is 3.27. The Kier molecular flexibility index (Phi) is 4.90. The fraction of sp³-hybridized carbons (Fsp3) is 0.444. The number of hydrogen-bond acceptors (Lipinski definition) is 6. The van der Waals surface area contributed by atoms with Crippen molar-refractivity contribution in [2.24, 2.45) is 0 Å². The van der Waals surface area contributed by atoms with Crippen LogP contribution in [-0.2, 0) is 0 Å². The number of methoxy groups -OCH3 is 2. The summed E-state index contributed by atoms with van der Waals surface area (Å²) in [5, 5.41) is 15.0. The molecule has 3 N–H and O–H groups in total. The van der Waals surface area contributed by atoms with Crippen LogP contribution in [0.25, 0.3) is 4.96 Å². The van der Waals surface area contributed by atoms with E-state index in [0.717, 1.165) is 36.6 Å². The predicted molar refractivity (Wildman–Crippen MR) is 101 cm³/mol. The number of nitrogens with one attached hydrogen (secondary N) is 2. The maximum atomic E-state index is 10.8. The molecule has 9 heteroatoms. The van der Waals surface area contributed by atoms with E-state index in [-0.39, 0.29) is 11.9 Å². The highest BCUT2D eigenvalue weighted by Crippen LogP contribution is 2.37. The van der Waals surface area contributed by atoms with Crippen molar-refractivity contribution in [1.82, 2.24) is 14.6 Å². The number of fused-ring (bicyclic) bond motifs is 1. The molecule has 0 saturated carbocycles. The van der Waals surface area contributed by atoms with Gasteiger partial charge in [0, 0.05) is 5.56 Å². The summed E-state index contributed by atoms with van der Waals surface area (Å²) in [5.74, 6) is 1.56. The minimum Gasteiger partial charge on any atom is -0.493 e. The summed E-state index contributed by atoms with van der Waals surface area (Å²) < 4.78 is 12.4. The lowest BCUT2D eigenvalue weighted by molar-refractivity contribution is -1.02. The lowest BCUT2D eigenvalue weighted by Crippen LogP contribution is -3.27. The number of piperazine rings is 1. The maximum Gasteiger partial charge on any atom is 0.235 e. The van der Waals surface area contributed by atoms with Gasteiger partial charge in [-0.3, -0.25) is 0 Å². The van der Waals surface area contributed by atoms with Crippen LogP contribution in [-0.4, -0.2) is 67.2 Å². The van der Waals surface area contributed by atoms with Gasteiger partial charge in [-0.15, -0.1) is 0 Å². The summed E-state index contributed by atoms with van der Waals surface area (Å²) in [6.45, 7) is 4.25. The molecule has 1 fully saturated rings. The third kappa shape index (κ3) is 3.22. The van der Waals surface area contributed by atoms with Crippen molar-refractivity contribution in [2.75, 3.05) is 47.4 Å². The van der Waals surface area contributed by atoms with Gasteiger partial charge in [-0.1, -0.05) is 11.3 Å². The normalized spacial score (nSPS) is 21.3. The number of hydrogen-bond donors (Lipinski definition) is 3. The van der Waals surface area contributed by atoms with Crippen molar-refractivity contribution >= 4 is 16.3 Å². The Bertz CT molecular complexity index is 932. The number of quaternary nitrogens is 2. The standard InChI is InChI=1S/C18H23N5O3S/c1-21-6-8-22(9-7-21)15(12-4-5-13(25-2)14(10-12)26-3)16-17(24)23-18(27-16)19-11-20-23/h4-5,10-11,15,24H,6-9H2,1-3H3/p+2/t15-/m1/s1. The number of likely N-dealkylation sites (N-methyl/N-ethyl adjacent to an activating group) is 1. The van der Waals surface area contributed by atoms with Gasteiger partial charge in [0.05, 0.1) is 21.3 Å². The van der Waals surface area contributed by atoms with Gasteiger partial charge in [0.15, 0.2) is 17.5 Å². The first-order valence-electron chi connectivity index (χ1n) is 9.01. The predicted octanol–water partition coefficient (Wildman–Crippen LogP) is -0.984. The summed E-state index contributed by atoms with van der Waals surface area (Å²) in [5.41, 5.74) is 1.09. The van der Waals surface area contributed by atoms with Gasteiger partial charge in [0.2, 0.25) is 10.8 Å². The van der Waals surface area contributed by atoms with Crippen LogP contribution >= 0.6 is 11.3 Å². The number of rotatable bonds is 5. The highest BCUT2D eigenvalue weighted by atomic mass is 32.1. The molecule has 0 aliphatic carbocycles. The molecular formula is C18H25N5O3S+2. The van der Waals surface area contributed by atoms with Crippen molar-refractivity contribution in [3.05, 3.63) is 35.0 Å². The highest BCUT2D eigenvalue weighted by molar-refractivity contribution is 7.17. The monoisotopic (exact) mass is 391 g/mol. The molecule has 3 aromatic rings. The number of aromatic nitrogens is 3. The topological polar surface area (TPSA) is 77.8 Å². The zero-order valence-electron chi connectivity index (χ0n) is 15.7. The first kappa shape index (κ1) is 18.0. The second-order valence-electron chi connectivity index (χ2n) is 6.91. The molecule has 144 valence electrons. The molecule has 1 atom stereocenters. The number of ether oxygens (including phenoxy) is 2. The zero-order valence-corrected chi connectivity index (χ0v) is 16.5. The quantitative estimate of drug-likeness (QED) is 0.521. The van der Waals surface area contributed by atoms with Crippen molar-refractivity contribution < 1.29 is 24.4 Å². The summed E-state index contributed by atoms with van der Waals surface area (Å²) in [7, 11) is 5.50. The molecule has 27 heavy (non-hydrogen) atoms. The third-order valence-corrected chi connectivity index (χ3v) is 6.39. The molecule has 8 nitrogen and oxygen atoms in total. The molecule has 0 spiro atoms. The number of benzene rings is 1. The smallest absolute Gasteiger partial charge is 0.235 e. The number of nitrogens with zero attached hydrogens (tertiary/aromatic N) is 3. The molecule has 3 heterocycles. The van der Waals surface area contributed by atoms with Crippen LogP contribution in [0.15, 0.2) is 24.5 Å². The molecule has 1 aliphatic heterocycles. The Morgan fingerprint density at radius 2 is 1.89 bits per heavy atom. The molecular weight excluding hydrogens is 366 g/mol. The van der Waals surface area contributed by atoms with Crippen molar-refractivity contribution in [3.63, 3.8) is 0 Å². The zero-order chi connectivity index (χ0) is 19.0. The second kappa shape index (κ2) is 7.34. The largest absolute Gasteiger partial charge is 0.493 e. The summed E-state index contributed by atoms with van der Waals surface area (Å²) in [6, 6.07) is 5.98. The lowest BCUT2D eigenvalue weighted by atomic mass is 10.0. The van der Waals surface area contributed by atoms with Crippen molar-refractivity contribution in [1.29, 1.82) is 0 Å². The summed E-state index contributed by atoms with van der Waals surface area (Å²) in [6.07, 6.45) is 1.47. The second-order valence-corrected chi connectivity index (χ2v) is 7.92. The average molecular weight is 391 g/mol. The third-order valence-electron chi connectivity index (χ3n) is 5.30. The minimum absolute atomic E-state index is 0.00796. The fourth-order valence-corrected chi connectivity index (χ4v) is 4.89. The molecule has 1 saturated heterocycles. The van der Waals surface area contributed by atoms with E-state index in [0.29, 0.717) is 16.5 Å². The van der Waals surface area contributed by atoms with Crippen molar-refractivity contribution in [2.45, 2.75) is 6.04 Å². The van der Waals surface area contributed by atoms with E-state index in [9.17, 15) is 5.11 Å². The van der Waals surface area contributed by atoms with Gasteiger partial charge in [-0.25, -0.2) is 4.98 Å². The SMILES string of the molecule is COc1ccc([C@H](c2sc3ncnn3c2O)[NH+]2CC[NH+](C)CC2)cc1OC. The fourth-order valence-electron chi connectivity index (χ4n) is 3.77. The molecule has 2 aromatic heterocycles. The van der Waals surface area contributed by atoms with Crippen LogP contribution in [0, 0.1) is 0 Å². The molecule has 0 bridgehead atoms. The van der Waals surface area contributed by atoms with Crippen LogP contribution in [0.4, 0.5) is 0 Å². The molecule has 4 rings (SSSR count).